The van der Waals surface area contributed by atoms with Gasteiger partial charge < -0.3 is 4.42 Å². The minimum Gasteiger partial charge on any atom is -0.455 e. The number of pyridine rings is 1. The van der Waals surface area contributed by atoms with Gasteiger partial charge in [0, 0.05) is 27.8 Å². The number of furan rings is 1. The van der Waals surface area contributed by atoms with Crippen LogP contribution in [0.15, 0.2) is 65.2 Å². The van der Waals surface area contributed by atoms with Gasteiger partial charge >= 0.3 is 0 Å². The van der Waals surface area contributed by atoms with Crippen molar-refractivity contribution >= 4 is 21.9 Å². The Morgan fingerprint density at radius 2 is 1.65 bits per heavy atom. The number of hydrogen-bond donors (Lipinski definition) is 0. The topological polar surface area (TPSA) is 17.0 Å². The molecule has 0 saturated carbocycles. The van der Waals surface area contributed by atoms with Crippen molar-refractivity contribution in [2.24, 2.45) is 7.05 Å². The highest BCUT2D eigenvalue weighted by Crippen LogP contribution is 2.53. The fourth-order valence-electron chi connectivity index (χ4n) is 6.24. The van der Waals surface area contributed by atoms with Gasteiger partial charge in [0.1, 0.15) is 18.2 Å². The van der Waals surface area contributed by atoms with Crippen LogP contribution < -0.4 is 4.57 Å². The fourth-order valence-corrected chi connectivity index (χ4v) is 6.24. The molecule has 2 heterocycles. The van der Waals surface area contributed by atoms with E-state index >= 15 is 0 Å². The summed E-state index contributed by atoms with van der Waals surface area (Å²) in [6.07, 6.45) is 2.29. The van der Waals surface area contributed by atoms with Crippen LogP contribution in [-0.2, 0) is 12.5 Å². The van der Waals surface area contributed by atoms with Gasteiger partial charge in [0.05, 0.1) is 5.56 Å². The third-order valence-corrected chi connectivity index (χ3v) is 7.93. The van der Waals surface area contributed by atoms with Gasteiger partial charge in [-0.3, -0.25) is 0 Å². The van der Waals surface area contributed by atoms with E-state index in [9.17, 15) is 0 Å². The van der Waals surface area contributed by atoms with Crippen molar-refractivity contribution in [2.45, 2.75) is 52.9 Å². The summed E-state index contributed by atoms with van der Waals surface area (Å²) in [6.45, 7) is 13.6. The Morgan fingerprint density at radius 3 is 2.41 bits per heavy atom. The zero-order chi connectivity index (χ0) is 23.9. The van der Waals surface area contributed by atoms with Crippen LogP contribution in [0.25, 0.3) is 44.3 Å². The summed E-state index contributed by atoms with van der Waals surface area (Å²) < 4.78 is 8.96. The van der Waals surface area contributed by atoms with Gasteiger partial charge in [-0.05, 0) is 59.2 Å². The predicted molar refractivity (Wildman–Crippen MR) is 141 cm³/mol. The number of aryl methyl sites for hydroxylation is 3. The molecule has 170 valence electrons. The zero-order valence-electron chi connectivity index (χ0n) is 21.2. The van der Waals surface area contributed by atoms with Crippen LogP contribution in [0.1, 0.15) is 61.4 Å². The summed E-state index contributed by atoms with van der Waals surface area (Å²) in [7, 11) is 2.15. The van der Waals surface area contributed by atoms with Crippen LogP contribution >= 0.6 is 0 Å². The summed E-state index contributed by atoms with van der Waals surface area (Å²) in [4.78, 5) is 0. The molecule has 5 aromatic rings. The SMILES string of the molecule is Cc1cc(-c2c(C)ccc3c2oc2ccc4c(c23)C(C)(C)c2ccccc2-4)[n+](C)cc1C(C)C. The monoisotopic (exact) mass is 446 g/mol. The van der Waals surface area contributed by atoms with E-state index in [4.69, 9.17) is 4.42 Å². The highest BCUT2D eigenvalue weighted by Gasteiger charge is 2.38. The lowest BCUT2D eigenvalue weighted by Gasteiger charge is -2.22. The van der Waals surface area contributed by atoms with Crippen LogP contribution in [0.2, 0.25) is 0 Å². The first-order valence-corrected chi connectivity index (χ1v) is 12.3. The second-order valence-electron chi connectivity index (χ2n) is 10.8. The summed E-state index contributed by atoms with van der Waals surface area (Å²) in [5.41, 5.74) is 13.7. The van der Waals surface area contributed by atoms with E-state index in [1.165, 1.54) is 61.0 Å². The first kappa shape index (κ1) is 21.2. The van der Waals surface area contributed by atoms with Crippen molar-refractivity contribution in [3.05, 3.63) is 88.6 Å². The maximum atomic E-state index is 6.70. The molecule has 0 atom stereocenters. The molecule has 0 unspecified atom stereocenters. The molecule has 0 fully saturated rings. The minimum atomic E-state index is -0.0759. The average Bonchev–Trinajstić information content (AvgIpc) is 3.28. The Hall–Kier alpha value is -3.39. The molecule has 2 aromatic heterocycles. The summed E-state index contributed by atoms with van der Waals surface area (Å²) in [6, 6.07) is 20.1. The molecule has 1 aliphatic rings. The van der Waals surface area contributed by atoms with Gasteiger partial charge in [0.2, 0.25) is 5.69 Å². The molecule has 34 heavy (non-hydrogen) atoms. The third kappa shape index (κ3) is 2.72. The first-order chi connectivity index (χ1) is 16.2. The summed E-state index contributed by atoms with van der Waals surface area (Å²) in [5.74, 6) is 0.495. The molecule has 6 rings (SSSR count). The van der Waals surface area contributed by atoms with Gasteiger partial charge in [-0.15, -0.1) is 0 Å². The quantitative estimate of drug-likeness (QED) is 0.250. The molecule has 3 aromatic carbocycles. The Kier molecular flexibility index (Phi) is 4.39. The van der Waals surface area contributed by atoms with E-state index in [1.54, 1.807) is 0 Å². The van der Waals surface area contributed by atoms with Crippen LogP contribution in [0.5, 0.6) is 0 Å². The van der Waals surface area contributed by atoms with Crippen molar-refractivity contribution in [1.29, 1.82) is 0 Å². The number of aromatic nitrogens is 1. The maximum absolute atomic E-state index is 6.70. The first-order valence-electron chi connectivity index (χ1n) is 12.3. The normalized spacial score (nSPS) is 14.2. The Bertz CT molecular complexity index is 1630. The van der Waals surface area contributed by atoms with Crippen molar-refractivity contribution in [3.63, 3.8) is 0 Å². The molecule has 0 bridgehead atoms. The van der Waals surface area contributed by atoms with Crippen molar-refractivity contribution in [1.82, 2.24) is 0 Å². The highest BCUT2D eigenvalue weighted by molar-refractivity contribution is 6.14. The lowest BCUT2D eigenvalue weighted by Crippen LogP contribution is -2.32. The van der Waals surface area contributed by atoms with Gasteiger partial charge in [0.15, 0.2) is 6.20 Å². The van der Waals surface area contributed by atoms with E-state index in [-0.39, 0.29) is 5.41 Å². The second kappa shape index (κ2) is 7.06. The highest BCUT2D eigenvalue weighted by atomic mass is 16.3. The number of benzene rings is 3. The van der Waals surface area contributed by atoms with E-state index in [0.717, 1.165) is 11.2 Å². The molecule has 0 spiro atoms. The molecular formula is C32H32NO+. The molecule has 2 heteroatoms. The van der Waals surface area contributed by atoms with Crippen LogP contribution in [0.3, 0.4) is 0 Å². The lowest BCUT2D eigenvalue weighted by atomic mass is 9.80. The smallest absolute Gasteiger partial charge is 0.216 e. The fraction of sp³-hybridized carbons (Fsp3) is 0.281. The molecule has 0 amide bonds. The number of nitrogens with zero attached hydrogens (tertiary/aromatic N) is 1. The van der Waals surface area contributed by atoms with Gasteiger partial charge in [-0.2, -0.15) is 0 Å². The van der Waals surface area contributed by atoms with E-state index < -0.39 is 0 Å². The van der Waals surface area contributed by atoms with Crippen LogP contribution in [0, 0.1) is 13.8 Å². The Balaban J connectivity index is 1.70. The summed E-state index contributed by atoms with van der Waals surface area (Å²) in [5, 5.41) is 2.46. The molecular weight excluding hydrogens is 414 g/mol. The number of fused-ring (bicyclic) bond motifs is 7. The molecule has 0 N–H and O–H groups in total. The largest absolute Gasteiger partial charge is 0.455 e. The van der Waals surface area contributed by atoms with Crippen LogP contribution in [0.4, 0.5) is 0 Å². The van der Waals surface area contributed by atoms with E-state index in [1.807, 2.05) is 0 Å². The number of hydrogen-bond acceptors (Lipinski definition) is 1. The van der Waals surface area contributed by atoms with Gasteiger partial charge in [0.25, 0.3) is 0 Å². The van der Waals surface area contributed by atoms with Crippen molar-refractivity contribution in [3.8, 4) is 22.4 Å². The standard InChI is InChI=1S/C32H32NO/c1-18(2)24-17-33(7)26(16-20(24)4)28-19(3)12-13-23-29-27(34-31(23)28)15-14-22-21-10-8-9-11-25(21)32(5,6)30(22)29/h8-18H,1-7H3/q+1. The molecule has 0 radical (unpaired) electrons. The van der Waals surface area contributed by atoms with Crippen molar-refractivity contribution < 1.29 is 8.98 Å². The Labute approximate surface area is 201 Å². The number of rotatable bonds is 2. The van der Waals surface area contributed by atoms with Crippen LogP contribution in [-0.4, -0.2) is 0 Å². The van der Waals surface area contributed by atoms with E-state index in [0.29, 0.717) is 5.92 Å². The second-order valence-corrected chi connectivity index (χ2v) is 10.8. The average molecular weight is 447 g/mol. The summed E-state index contributed by atoms with van der Waals surface area (Å²) >= 11 is 0. The lowest BCUT2D eigenvalue weighted by molar-refractivity contribution is -0.660. The Morgan fingerprint density at radius 1 is 0.882 bits per heavy atom. The van der Waals surface area contributed by atoms with Crippen molar-refractivity contribution in [2.75, 3.05) is 0 Å². The maximum Gasteiger partial charge on any atom is 0.216 e. The minimum absolute atomic E-state index is 0.0759. The molecule has 2 nitrogen and oxygen atoms in total. The van der Waals surface area contributed by atoms with E-state index in [2.05, 4.69) is 114 Å². The van der Waals surface area contributed by atoms with Gasteiger partial charge in [-0.25, -0.2) is 4.57 Å². The molecule has 0 aliphatic heterocycles. The third-order valence-electron chi connectivity index (χ3n) is 7.93. The predicted octanol–water partition coefficient (Wildman–Crippen LogP) is 8.12. The molecule has 0 saturated heterocycles. The zero-order valence-corrected chi connectivity index (χ0v) is 21.2. The van der Waals surface area contributed by atoms with Gasteiger partial charge in [-0.1, -0.05) is 70.2 Å². The molecule has 1 aliphatic carbocycles.